The minimum Gasteiger partial charge on any atom is -0.491 e. The highest BCUT2D eigenvalue weighted by molar-refractivity contribution is 7.09. The highest BCUT2D eigenvalue weighted by atomic mass is 32.1. The molecule has 1 amide bonds. The molecule has 22 heavy (non-hydrogen) atoms. The van der Waals surface area contributed by atoms with Gasteiger partial charge in [0.2, 0.25) is 5.91 Å². The lowest BCUT2D eigenvalue weighted by molar-refractivity contribution is -0.121. The first-order valence-corrected chi connectivity index (χ1v) is 8.31. The predicted octanol–water partition coefficient (Wildman–Crippen LogP) is 3.28. The van der Waals surface area contributed by atoms with E-state index < -0.39 is 0 Å². The fourth-order valence-corrected chi connectivity index (χ4v) is 2.66. The summed E-state index contributed by atoms with van der Waals surface area (Å²) in [6, 6.07) is 7.87. The van der Waals surface area contributed by atoms with Crippen molar-refractivity contribution in [2.24, 2.45) is 0 Å². The van der Waals surface area contributed by atoms with E-state index in [0.29, 0.717) is 19.4 Å². The molecule has 0 aliphatic carbocycles. The van der Waals surface area contributed by atoms with Gasteiger partial charge in [-0.3, -0.25) is 4.79 Å². The van der Waals surface area contributed by atoms with Crippen LogP contribution >= 0.6 is 11.3 Å². The Kier molecular flexibility index (Phi) is 5.95. The molecule has 0 saturated carbocycles. The van der Waals surface area contributed by atoms with Crippen molar-refractivity contribution < 1.29 is 9.53 Å². The molecule has 0 aliphatic rings. The molecule has 0 unspecified atom stereocenters. The number of aryl methyl sites for hydroxylation is 3. The summed E-state index contributed by atoms with van der Waals surface area (Å²) in [5, 5.41) is 5.99. The van der Waals surface area contributed by atoms with E-state index in [4.69, 9.17) is 4.74 Å². The summed E-state index contributed by atoms with van der Waals surface area (Å²) in [5.41, 5.74) is 2.19. The van der Waals surface area contributed by atoms with E-state index in [1.165, 1.54) is 5.56 Å². The lowest BCUT2D eigenvalue weighted by Crippen LogP contribution is -2.36. The van der Waals surface area contributed by atoms with Gasteiger partial charge < -0.3 is 10.1 Å². The lowest BCUT2D eigenvalue weighted by atomic mass is 10.2. The molecule has 1 aromatic heterocycles. The maximum atomic E-state index is 11.9. The van der Waals surface area contributed by atoms with Gasteiger partial charge in [-0.25, -0.2) is 4.98 Å². The van der Waals surface area contributed by atoms with Gasteiger partial charge in [-0.05, 0) is 39.3 Å². The minimum absolute atomic E-state index is 0.0222. The zero-order chi connectivity index (χ0) is 15.9. The number of ether oxygens (including phenoxy) is 1. The maximum Gasteiger partial charge on any atom is 0.220 e. The Labute approximate surface area is 135 Å². The lowest BCUT2D eigenvalue weighted by Gasteiger charge is -2.15. The molecule has 5 heteroatoms. The van der Waals surface area contributed by atoms with E-state index in [2.05, 4.69) is 10.3 Å². The number of hydrogen-bond acceptors (Lipinski definition) is 4. The van der Waals surface area contributed by atoms with Crippen molar-refractivity contribution in [2.45, 2.75) is 39.7 Å². The third-order valence-electron chi connectivity index (χ3n) is 3.20. The van der Waals surface area contributed by atoms with Crippen molar-refractivity contribution in [3.05, 3.63) is 45.9 Å². The molecule has 1 aromatic carbocycles. The third-order valence-corrected chi connectivity index (χ3v) is 4.03. The van der Waals surface area contributed by atoms with Gasteiger partial charge in [-0.2, -0.15) is 0 Å². The molecular weight excluding hydrogens is 296 g/mol. The van der Waals surface area contributed by atoms with Crippen LogP contribution in [0.2, 0.25) is 0 Å². The summed E-state index contributed by atoms with van der Waals surface area (Å²) >= 11 is 1.61. The van der Waals surface area contributed by atoms with Crippen LogP contribution in [-0.2, 0) is 11.2 Å². The number of thiazole rings is 1. The molecule has 4 nitrogen and oxygen atoms in total. The first kappa shape index (κ1) is 16.5. The second-order valence-corrected chi connectivity index (χ2v) is 6.51. The summed E-state index contributed by atoms with van der Waals surface area (Å²) in [6.07, 6.45) is 1.14. The van der Waals surface area contributed by atoms with Crippen LogP contribution in [0.25, 0.3) is 0 Å². The largest absolute Gasteiger partial charge is 0.491 e. The Morgan fingerprint density at radius 1 is 1.32 bits per heavy atom. The van der Waals surface area contributed by atoms with E-state index in [-0.39, 0.29) is 11.9 Å². The van der Waals surface area contributed by atoms with Crippen molar-refractivity contribution in [1.29, 1.82) is 0 Å². The quantitative estimate of drug-likeness (QED) is 0.852. The molecule has 0 radical (unpaired) electrons. The van der Waals surface area contributed by atoms with Crippen LogP contribution in [0.5, 0.6) is 5.75 Å². The van der Waals surface area contributed by atoms with E-state index in [1.54, 1.807) is 11.3 Å². The van der Waals surface area contributed by atoms with Gasteiger partial charge in [0.15, 0.2) is 0 Å². The third kappa shape index (κ3) is 5.48. The summed E-state index contributed by atoms with van der Waals surface area (Å²) in [7, 11) is 0. The maximum absolute atomic E-state index is 11.9. The number of amides is 1. The van der Waals surface area contributed by atoms with Gasteiger partial charge in [0.05, 0.1) is 16.7 Å². The number of hydrogen-bond donors (Lipinski definition) is 1. The average molecular weight is 318 g/mol. The monoisotopic (exact) mass is 318 g/mol. The van der Waals surface area contributed by atoms with Gasteiger partial charge in [0, 0.05) is 11.8 Å². The van der Waals surface area contributed by atoms with Crippen molar-refractivity contribution in [3.8, 4) is 5.75 Å². The molecule has 0 bridgehead atoms. The minimum atomic E-state index is -0.0222. The van der Waals surface area contributed by atoms with Crippen LogP contribution in [0.4, 0.5) is 0 Å². The van der Waals surface area contributed by atoms with Gasteiger partial charge in [0.25, 0.3) is 0 Å². The fourth-order valence-electron chi connectivity index (χ4n) is 2.01. The number of nitrogens with zero attached hydrogens (tertiary/aromatic N) is 1. The van der Waals surface area contributed by atoms with Crippen molar-refractivity contribution in [3.63, 3.8) is 0 Å². The van der Waals surface area contributed by atoms with Crippen LogP contribution in [-0.4, -0.2) is 23.5 Å². The smallest absolute Gasteiger partial charge is 0.220 e. The van der Waals surface area contributed by atoms with Gasteiger partial charge in [0.1, 0.15) is 12.4 Å². The number of rotatable bonds is 7. The summed E-state index contributed by atoms with van der Waals surface area (Å²) < 4.78 is 5.66. The Hall–Kier alpha value is -1.88. The van der Waals surface area contributed by atoms with Gasteiger partial charge in [-0.15, -0.1) is 11.3 Å². The molecule has 1 heterocycles. The topological polar surface area (TPSA) is 51.2 Å². The summed E-state index contributed by atoms with van der Waals surface area (Å²) in [5.74, 6) is 0.857. The highest BCUT2D eigenvalue weighted by Crippen LogP contribution is 2.12. The van der Waals surface area contributed by atoms with Gasteiger partial charge in [-0.1, -0.05) is 17.7 Å². The molecule has 1 N–H and O–H groups in total. The van der Waals surface area contributed by atoms with Crippen LogP contribution in [0.15, 0.2) is 29.6 Å². The first-order valence-electron chi connectivity index (χ1n) is 7.43. The molecule has 2 rings (SSSR count). The van der Waals surface area contributed by atoms with Crippen molar-refractivity contribution in [2.75, 3.05) is 6.61 Å². The number of benzene rings is 1. The average Bonchev–Trinajstić information content (AvgIpc) is 2.90. The molecule has 0 spiro atoms. The molecular formula is C17H22N2O2S. The number of aromatic nitrogens is 1. The normalized spacial score (nSPS) is 12.0. The Morgan fingerprint density at radius 2 is 2.05 bits per heavy atom. The fraction of sp³-hybridized carbons (Fsp3) is 0.412. The highest BCUT2D eigenvalue weighted by Gasteiger charge is 2.09. The predicted molar refractivity (Wildman–Crippen MR) is 89.5 cm³/mol. The zero-order valence-electron chi connectivity index (χ0n) is 13.3. The molecule has 118 valence electrons. The Bertz CT molecular complexity index is 607. The summed E-state index contributed by atoms with van der Waals surface area (Å²) in [6.45, 7) is 6.42. The van der Waals surface area contributed by atoms with E-state index in [9.17, 15) is 4.79 Å². The second-order valence-electron chi connectivity index (χ2n) is 5.45. The Morgan fingerprint density at radius 3 is 2.68 bits per heavy atom. The molecule has 2 aromatic rings. The van der Waals surface area contributed by atoms with Crippen LogP contribution in [0.1, 0.15) is 29.6 Å². The SMILES string of the molecule is Cc1ccc(OC[C@H](C)NC(=O)CCc2csc(C)n2)cc1. The molecule has 0 saturated heterocycles. The summed E-state index contributed by atoms with van der Waals surface area (Å²) in [4.78, 5) is 16.3. The van der Waals surface area contributed by atoms with Gasteiger partial charge >= 0.3 is 0 Å². The standard InChI is InChI=1S/C17H22N2O2S/c1-12-4-7-16(8-5-12)21-10-13(2)18-17(20)9-6-15-11-22-14(3)19-15/h4-5,7-8,11,13H,6,9-10H2,1-3H3,(H,18,20)/t13-/m0/s1. The molecule has 0 aliphatic heterocycles. The number of nitrogens with one attached hydrogen (secondary N) is 1. The van der Waals surface area contributed by atoms with Crippen LogP contribution < -0.4 is 10.1 Å². The first-order chi connectivity index (χ1) is 10.5. The van der Waals surface area contributed by atoms with Crippen LogP contribution in [0, 0.1) is 13.8 Å². The zero-order valence-corrected chi connectivity index (χ0v) is 14.1. The number of carbonyl (C=O) groups excluding carboxylic acids is 1. The van der Waals surface area contributed by atoms with E-state index in [1.807, 2.05) is 50.4 Å². The molecule has 0 fully saturated rings. The number of carbonyl (C=O) groups is 1. The Balaban J connectivity index is 1.68. The van der Waals surface area contributed by atoms with Crippen molar-refractivity contribution in [1.82, 2.24) is 10.3 Å². The second kappa shape index (κ2) is 7.94. The van der Waals surface area contributed by atoms with E-state index >= 15 is 0 Å². The van der Waals surface area contributed by atoms with Crippen LogP contribution in [0.3, 0.4) is 0 Å². The molecule has 1 atom stereocenters. The van der Waals surface area contributed by atoms with Crippen molar-refractivity contribution >= 4 is 17.2 Å². The van der Waals surface area contributed by atoms with E-state index in [0.717, 1.165) is 16.5 Å².